The summed E-state index contributed by atoms with van der Waals surface area (Å²) in [5, 5.41) is 10.2. The SMILES string of the molecule is CC(C)=CC1CC(C)(CCO)Oc2c1c(=O)n(C)c1ncncc21. The third-order valence-corrected chi connectivity index (χ3v) is 4.58. The quantitative estimate of drug-likeness (QED) is 0.874. The van der Waals surface area contributed by atoms with E-state index in [1.54, 1.807) is 17.8 Å². The van der Waals surface area contributed by atoms with Crippen molar-refractivity contribution >= 4 is 11.0 Å². The van der Waals surface area contributed by atoms with Gasteiger partial charge in [0, 0.05) is 32.2 Å². The average Bonchev–Trinajstić information content (AvgIpc) is 2.51. The second-order valence-corrected chi connectivity index (χ2v) is 6.95. The fourth-order valence-corrected chi connectivity index (χ4v) is 3.50. The molecule has 0 radical (unpaired) electrons. The van der Waals surface area contributed by atoms with E-state index in [2.05, 4.69) is 16.0 Å². The molecule has 2 unspecified atom stereocenters. The number of aliphatic hydroxyl groups excluding tert-OH is 1. The number of hydrogen-bond donors (Lipinski definition) is 1. The van der Waals surface area contributed by atoms with Gasteiger partial charge in [-0.2, -0.15) is 0 Å². The average molecular weight is 329 g/mol. The first-order chi connectivity index (χ1) is 11.4. The van der Waals surface area contributed by atoms with Crippen molar-refractivity contribution in [1.29, 1.82) is 0 Å². The standard InChI is InChI=1S/C18H23N3O3/c1-11(2)7-12-8-18(3,5-6-22)24-15-13-9-19-10-20-16(13)21(4)17(23)14(12)15/h7,9-10,12,22H,5-6,8H2,1-4H3. The summed E-state index contributed by atoms with van der Waals surface area (Å²) >= 11 is 0. The highest BCUT2D eigenvalue weighted by Crippen LogP contribution is 2.44. The Balaban J connectivity index is 2.34. The number of rotatable bonds is 3. The van der Waals surface area contributed by atoms with Crippen molar-refractivity contribution in [3.8, 4) is 5.75 Å². The monoisotopic (exact) mass is 329 g/mol. The van der Waals surface area contributed by atoms with Gasteiger partial charge < -0.3 is 9.84 Å². The number of aromatic nitrogens is 3. The number of nitrogens with zero attached hydrogens (tertiary/aromatic N) is 3. The predicted octanol–water partition coefficient (Wildman–Crippen LogP) is 2.30. The van der Waals surface area contributed by atoms with Crippen molar-refractivity contribution in [2.45, 2.75) is 45.1 Å². The molecule has 1 aliphatic rings. The lowest BCUT2D eigenvalue weighted by Gasteiger charge is -2.39. The first-order valence-electron chi connectivity index (χ1n) is 8.14. The smallest absolute Gasteiger partial charge is 0.259 e. The van der Waals surface area contributed by atoms with E-state index in [-0.39, 0.29) is 18.1 Å². The van der Waals surface area contributed by atoms with Gasteiger partial charge >= 0.3 is 0 Å². The summed E-state index contributed by atoms with van der Waals surface area (Å²) in [6.07, 6.45) is 6.38. The normalized spacial score (nSPS) is 22.8. The zero-order chi connectivity index (χ0) is 17.5. The summed E-state index contributed by atoms with van der Waals surface area (Å²) in [7, 11) is 1.72. The Morgan fingerprint density at radius 2 is 2.29 bits per heavy atom. The van der Waals surface area contributed by atoms with Crippen molar-refractivity contribution in [1.82, 2.24) is 14.5 Å². The third kappa shape index (κ3) is 2.71. The number of fused-ring (bicyclic) bond motifs is 3. The van der Waals surface area contributed by atoms with Gasteiger partial charge in [-0.15, -0.1) is 0 Å². The summed E-state index contributed by atoms with van der Waals surface area (Å²) in [5.41, 5.74) is 1.72. The number of aryl methyl sites for hydroxylation is 1. The molecule has 1 N–H and O–H groups in total. The first kappa shape index (κ1) is 16.6. The summed E-state index contributed by atoms with van der Waals surface area (Å²) < 4.78 is 7.79. The van der Waals surface area contributed by atoms with Crippen molar-refractivity contribution in [2.75, 3.05) is 6.61 Å². The molecule has 3 heterocycles. The molecule has 0 aromatic carbocycles. The summed E-state index contributed by atoms with van der Waals surface area (Å²) in [5.74, 6) is 0.497. The van der Waals surface area contributed by atoms with E-state index in [1.807, 2.05) is 20.8 Å². The minimum absolute atomic E-state index is 0.0344. The Labute approximate surface area is 140 Å². The Morgan fingerprint density at radius 1 is 1.54 bits per heavy atom. The highest BCUT2D eigenvalue weighted by atomic mass is 16.5. The fourth-order valence-electron chi connectivity index (χ4n) is 3.50. The van der Waals surface area contributed by atoms with Crippen molar-refractivity contribution < 1.29 is 9.84 Å². The zero-order valence-electron chi connectivity index (χ0n) is 14.5. The Bertz CT molecular complexity index is 868. The van der Waals surface area contributed by atoms with E-state index in [9.17, 15) is 9.90 Å². The van der Waals surface area contributed by atoms with Crippen LogP contribution in [0.5, 0.6) is 5.75 Å². The molecule has 6 heteroatoms. The van der Waals surface area contributed by atoms with Gasteiger partial charge in [-0.1, -0.05) is 11.6 Å². The van der Waals surface area contributed by atoms with E-state index in [0.717, 1.165) is 11.0 Å². The van der Waals surface area contributed by atoms with Crippen LogP contribution in [0.15, 0.2) is 29.0 Å². The molecule has 128 valence electrons. The molecule has 0 amide bonds. The van der Waals surface area contributed by atoms with Crippen molar-refractivity contribution in [3.63, 3.8) is 0 Å². The van der Waals surface area contributed by atoms with Crippen LogP contribution in [-0.2, 0) is 7.05 Å². The van der Waals surface area contributed by atoms with Gasteiger partial charge in [-0.3, -0.25) is 9.36 Å². The summed E-state index contributed by atoms with van der Waals surface area (Å²) in [4.78, 5) is 21.3. The van der Waals surface area contributed by atoms with Gasteiger partial charge in [-0.25, -0.2) is 9.97 Å². The van der Waals surface area contributed by atoms with Crippen LogP contribution in [0.3, 0.4) is 0 Å². The highest BCUT2D eigenvalue weighted by Gasteiger charge is 2.39. The number of pyridine rings is 1. The van der Waals surface area contributed by atoms with Crippen LogP contribution >= 0.6 is 0 Å². The Kier molecular flexibility index (Phi) is 4.17. The molecule has 24 heavy (non-hydrogen) atoms. The van der Waals surface area contributed by atoms with Gasteiger partial charge in [-0.05, 0) is 27.2 Å². The lowest BCUT2D eigenvalue weighted by Crippen LogP contribution is -2.41. The molecule has 6 nitrogen and oxygen atoms in total. The lowest BCUT2D eigenvalue weighted by atomic mass is 9.81. The van der Waals surface area contributed by atoms with Crippen LogP contribution in [0.4, 0.5) is 0 Å². The molecular formula is C18H23N3O3. The Morgan fingerprint density at radius 3 is 2.96 bits per heavy atom. The number of ether oxygens (including phenoxy) is 1. The minimum atomic E-state index is -0.534. The van der Waals surface area contributed by atoms with Crippen LogP contribution in [0.2, 0.25) is 0 Å². The maximum atomic E-state index is 12.9. The lowest BCUT2D eigenvalue weighted by molar-refractivity contribution is 0.0349. The summed E-state index contributed by atoms with van der Waals surface area (Å²) in [6, 6.07) is 0. The molecule has 2 atom stereocenters. The molecule has 0 saturated heterocycles. The molecule has 0 bridgehead atoms. The molecule has 3 rings (SSSR count). The van der Waals surface area contributed by atoms with Crippen LogP contribution in [-0.4, -0.2) is 31.8 Å². The van der Waals surface area contributed by atoms with E-state index < -0.39 is 5.60 Å². The second-order valence-electron chi connectivity index (χ2n) is 6.95. The Hall–Kier alpha value is -2.21. The van der Waals surface area contributed by atoms with Crippen molar-refractivity contribution in [3.05, 3.63) is 40.1 Å². The molecular weight excluding hydrogens is 306 g/mol. The van der Waals surface area contributed by atoms with Crippen LogP contribution in [0.1, 0.15) is 45.1 Å². The van der Waals surface area contributed by atoms with E-state index in [0.29, 0.717) is 29.8 Å². The van der Waals surface area contributed by atoms with Gasteiger partial charge in [0.1, 0.15) is 23.3 Å². The van der Waals surface area contributed by atoms with Crippen LogP contribution in [0.25, 0.3) is 11.0 Å². The largest absolute Gasteiger partial charge is 0.486 e. The summed E-state index contributed by atoms with van der Waals surface area (Å²) in [6.45, 7) is 6.05. The molecule has 2 aromatic rings. The molecule has 0 spiro atoms. The number of allylic oxidation sites excluding steroid dienone is 2. The zero-order valence-corrected chi connectivity index (χ0v) is 14.5. The van der Waals surface area contributed by atoms with E-state index >= 15 is 0 Å². The minimum Gasteiger partial charge on any atom is -0.486 e. The molecule has 0 aliphatic carbocycles. The highest BCUT2D eigenvalue weighted by molar-refractivity contribution is 5.83. The van der Waals surface area contributed by atoms with E-state index in [4.69, 9.17) is 4.74 Å². The first-order valence-corrected chi connectivity index (χ1v) is 8.14. The molecule has 1 aliphatic heterocycles. The van der Waals surface area contributed by atoms with Crippen molar-refractivity contribution in [2.24, 2.45) is 7.05 Å². The fraction of sp³-hybridized carbons (Fsp3) is 0.500. The van der Waals surface area contributed by atoms with Gasteiger partial charge in [0.15, 0.2) is 0 Å². The number of hydrogen-bond acceptors (Lipinski definition) is 5. The maximum Gasteiger partial charge on any atom is 0.259 e. The number of aliphatic hydroxyl groups is 1. The third-order valence-electron chi connectivity index (χ3n) is 4.58. The predicted molar refractivity (Wildman–Crippen MR) is 92.3 cm³/mol. The molecule has 0 fully saturated rings. The molecule has 2 aromatic heterocycles. The van der Waals surface area contributed by atoms with Gasteiger partial charge in [0.25, 0.3) is 5.56 Å². The van der Waals surface area contributed by atoms with Crippen LogP contribution < -0.4 is 10.3 Å². The van der Waals surface area contributed by atoms with Gasteiger partial charge in [0.05, 0.1) is 10.9 Å². The van der Waals surface area contributed by atoms with E-state index in [1.165, 1.54) is 6.33 Å². The maximum absolute atomic E-state index is 12.9. The van der Waals surface area contributed by atoms with Gasteiger partial charge in [0.2, 0.25) is 0 Å². The molecule has 0 saturated carbocycles. The van der Waals surface area contributed by atoms with Crippen LogP contribution in [0, 0.1) is 0 Å². The second kappa shape index (κ2) is 6.02. The topological polar surface area (TPSA) is 77.2 Å².